The summed E-state index contributed by atoms with van der Waals surface area (Å²) in [7, 11) is 0. The lowest BCUT2D eigenvalue weighted by Gasteiger charge is -2.12. The van der Waals surface area contributed by atoms with Crippen molar-refractivity contribution in [2.45, 2.75) is 0 Å². The predicted molar refractivity (Wildman–Crippen MR) is 546 cm³/mol. The average Bonchev–Trinajstić information content (AvgIpc) is 1.58. The predicted octanol–water partition coefficient (Wildman–Crippen LogP) is 28.1. The van der Waals surface area contributed by atoms with Gasteiger partial charge in [0.15, 0.2) is 28.4 Å². The Kier molecular flexibility index (Phi) is 20.3. The minimum absolute atomic E-state index is 0.615. The summed E-state index contributed by atoms with van der Waals surface area (Å²) in [5.74, 6) is 3.14. The summed E-state index contributed by atoms with van der Waals surface area (Å²) < 4.78 is 26.2. The Labute approximate surface area is 787 Å². The van der Waals surface area contributed by atoms with E-state index in [0.29, 0.717) is 29.3 Å². The molecular weight excluding hydrogens is 1700 g/mol. The standard InChI is InChI=1S/C40H25N5O.2C39H24N6O/c1-2-6-29(7-3-1)40-44-33-14-15-37-38(39(33)46-40)32-8-4-5-9-36(32)45(37)31-12-10-27(11-13-31)34-24-30(26-16-20-41-21-17-26)25-35(43-34)28-18-22-42-23-19-28;1-2-6-28(7-3-1)39-44-31-14-15-35-36(37(31)46-39)30-8-4-5-9-34(30)45(35)29-12-10-27(11-13-29)38-42-32(25-16-20-40-21-17-25)24-33(43-38)26-18-22-41-23-19-26;1-2-6-28(7-3-1)39-44-31-14-15-35-36(37(31)46-39)30-8-4-5-9-34(30)45(35)29-12-10-25(11-13-29)32-24-33(26-16-20-40-21-17-26)43-38(42-32)27-18-22-41-23-19-27/h1-25H;2*1-24H. The van der Waals surface area contributed by atoms with Crippen molar-refractivity contribution in [1.82, 2.24) is 83.5 Å². The molecule has 12 aromatic carbocycles. The highest BCUT2D eigenvalue weighted by Crippen LogP contribution is 2.45. The summed E-state index contributed by atoms with van der Waals surface area (Å²) >= 11 is 0. The van der Waals surface area contributed by atoms with Gasteiger partial charge in [-0.2, -0.15) is 0 Å². The molecule has 0 aliphatic carbocycles. The molecule has 0 N–H and O–H groups in total. The maximum atomic E-state index is 6.46. The Hall–Kier alpha value is -19.3. The van der Waals surface area contributed by atoms with Gasteiger partial charge in [-0.15, -0.1) is 0 Å². The van der Waals surface area contributed by atoms with E-state index >= 15 is 0 Å². The first-order chi connectivity index (χ1) is 68.4. The van der Waals surface area contributed by atoms with Crippen LogP contribution in [0.2, 0.25) is 0 Å². The van der Waals surface area contributed by atoms with Crippen LogP contribution in [0.4, 0.5) is 0 Å². The fourth-order valence-corrected chi connectivity index (χ4v) is 18.5. The van der Waals surface area contributed by atoms with Gasteiger partial charge >= 0.3 is 0 Å². The van der Waals surface area contributed by atoms with Crippen molar-refractivity contribution in [3.05, 3.63) is 444 Å². The first kappa shape index (κ1) is 80.7. The molecule has 20 nitrogen and oxygen atoms in total. The number of para-hydroxylation sites is 3. The highest BCUT2D eigenvalue weighted by Gasteiger charge is 2.26. The summed E-state index contributed by atoms with van der Waals surface area (Å²) in [5, 5.41) is 6.49. The number of pyridine rings is 7. The van der Waals surface area contributed by atoms with Crippen LogP contribution in [0, 0.1) is 0 Å². The van der Waals surface area contributed by atoms with E-state index in [1.54, 1.807) is 62.0 Å². The quantitative estimate of drug-likeness (QED) is 0.0927. The molecule has 0 aliphatic rings. The second kappa shape index (κ2) is 34.8. The third kappa shape index (κ3) is 15.0. The van der Waals surface area contributed by atoms with E-state index in [2.05, 4.69) is 220 Å². The van der Waals surface area contributed by atoms with Crippen molar-refractivity contribution in [2.75, 3.05) is 0 Å². The molecule has 20 heteroatoms. The second-order valence-corrected chi connectivity index (χ2v) is 33.2. The minimum Gasteiger partial charge on any atom is -0.435 e. The van der Waals surface area contributed by atoms with Crippen LogP contribution >= 0.6 is 0 Å². The Balaban J connectivity index is 0.000000110. The van der Waals surface area contributed by atoms with Gasteiger partial charge in [0.25, 0.3) is 0 Å². The van der Waals surface area contributed by atoms with Gasteiger partial charge < -0.3 is 27.0 Å². The number of hydrogen-bond donors (Lipinski definition) is 0. The van der Waals surface area contributed by atoms with Crippen LogP contribution in [-0.4, -0.2) is 83.5 Å². The number of nitrogens with zero attached hydrogens (tertiary/aromatic N) is 17. The third-order valence-corrected chi connectivity index (χ3v) is 25.0. The number of rotatable bonds is 15. The summed E-state index contributed by atoms with van der Waals surface area (Å²) in [5.41, 5.74) is 32.4. The van der Waals surface area contributed by atoms with Gasteiger partial charge in [-0.25, -0.2) is 39.9 Å². The Bertz CT molecular complexity index is 8190. The van der Waals surface area contributed by atoms with Crippen LogP contribution in [0.1, 0.15) is 0 Å². The van der Waals surface area contributed by atoms with Crippen molar-refractivity contribution in [1.29, 1.82) is 0 Å². The molecule has 0 radical (unpaired) electrons. The van der Waals surface area contributed by atoms with Crippen LogP contribution in [0.15, 0.2) is 458 Å². The lowest BCUT2D eigenvalue weighted by molar-refractivity contribution is 0.622. The molecule has 15 heterocycles. The van der Waals surface area contributed by atoms with Crippen LogP contribution in [0.5, 0.6) is 0 Å². The Morgan fingerprint density at radius 3 is 0.717 bits per heavy atom. The topological polar surface area (TPSA) is 235 Å². The molecule has 0 saturated heterocycles. The third-order valence-electron chi connectivity index (χ3n) is 25.0. The van der Waals surface area contributed by atoms with Crippen LogP contribution in [0.25, 0.3) is 252 Å². The van der Waals surface area contributed by atoms with Crippen LogP contribution in [-0.2, 0) is 0 Å². The van der Waals surface area contributed by atoms with E-state index in [4.69, 9.17) is 53.1 Å². The minimum atomic E-state index is 0.615. The Morgan fingerprint density at radius 1 is 0.167 bits per heavy atom. The summed E-state index contributed by atoms with van der Waals surface area (Å²) in [6.07, 6.45) is 21.4. The maximum absolute atomic E-state index is 6.46. The fourth-order valence-electron chi connectivity index (χ4n) is 18.5. The molecule has 0 fully saturated rings. The van der Waals surface area contributed by atoms with Gasteiger partial charge in [-0.3, -0.25) is 29.9 Å². The maximum Gasteiger partial charge on any atom is 0.227 e. The largest absolute Gasteiger partial charge is 0.435 e. The van der Waals surface area contributed by atoms with Crippen molar-refractivity contribution in [2.24, 2.45) is 0 Å². The van der Waals surface area contributed by atoms with E-state index in [1.807, 2.05) is 207 Å². The van der Waals surface area contributed by atoms with Gasteiger partial charge in [0.1, 0.15) is 16.6 Å². The van der Waals surface area contributed by atoms with Crippen LogP contribution < -0.4 is 0 Å². The molecule has 0 unspecified atom stereocenters. The molecule has 0 bridgehead atoms. The lowest BCUT2D eigenvalue weighted by Crippen LogP contribution is -1.97. The molecule has 0 atom stereocenters. The number of aromatic nitrogens is 17. The number of benzene rings is 12. The first-order valence-corrected chi connectivity index (χ1v) is 45.1. The summed E-state index contributed by atoms with van der Waals surface area (Å²) in [4.78, 5) is 64.5. The van der Waals surface area contributed by atoms with Gasteiger partial charge in [0, 0.05) is 169 Å². The number of hydrogen-bond acceptors (Lipinski definition) is 17. The van der Waals surface area contributed by atoms with Gasteiger partial charge in [0.2, 0.25) is 17.7 Å². The van der Waals surface area contributed by atoms with E-state index in [0.717, 1.165) is 222 Å². The van der Waals surface area contributed by atoms with E-state index in [-0.39, 0.29) is 0 Å². The molecule has 648 valence electrons. The highest BCUT2D eigenvalue weighted by molar-refractivity contribution is 6.22. The van der Waals surface area contributed by atoms with Crippen molar-refractivity contribution >= 4 is 98.7 Å². The fraction of sp³-hybridized carbons (Fsp3) is 0. The van der Waals surface area contributed by atoms with Crippen molar-refractivity contribution < 1.29 is 13.3 Å². The van der Waals surface area contributed by atoms with Crippen molar-refractivity contribution in [3.63, 3.8) is 0 Å². The monoisotopic (exact) mass is 1780 g/mol. The molecule has 0 amide bonds. The summed E-state index contributed by atoms with van der Waals surface area (Å²) in [6, 6.07) is 125. The molecule has 0 spiro atoms. The lowest BCUT2D eigenvalue weighted by atomic mass is 10.0. The molecule has 27 rings (SSSR count). The van der Waals surface area contributed by atoms with E-state index < -0.39 is 0 Å². The average molecular weight is 1780 g/mol. The van der Waals surface area contributed by atoms with Crippen molar-refractivity contribution in [3.8, 4) is 153 Å². The van der Waals surface area contributed by atoms with Gasteiger partial charge in [0.05, 0.1) is 83.4 Å². The normalized spacial score (nSPS) is 11.5. The SMILES string of the molecule is c1ccc(-c2nc3ccc4c(c5ccccc5n4-c4ccc(-c5cc(-c6ccncc6)cc(-c6ccncc6)n5)cc4)c3o2)cc1.c1ccc(-c2nc3ccc4c(c5ccccc5n4-c4ccc(-c5cc(-c6ccncc6)nc(-c6ccncc6)n5)cc4)c3o2)cc1.c1ccc(-c2nc3ccc4c(c5ccccc5n4-c4ccc(-c5nc(-c6ccncc6)cc(-c6ccncc6)n5)cc4)c3o2)cc1. The zero-order valence-electron chi connectivity index (χ0n) is 73.5. The Morgan fingerprint density at radius 2 is 0.413 bits per heavy atom. The first-order valence-electron chi connectivity index (χ1n) is 45.1. The zero-order valence-corrected chi connectivity index (χ0v) is 73.5. The molecule has 0 saturated carbocycles. The molecule has 138 heavy (non-hydrogen) atoms. The summed E-state index contributed by atoms with van der Waals surface area (Å²) in [6.45, 7) is 0. The second-order valence-electron chi connectivity index (χ2n) is 33.2. The number of fused-ring (bicyclic) bond motifs is 15. The molecule has 27 aromatic rings. The van der Waals surface area contributed by atoms with Gasteiger partial charge in [-0.1, -0.05) is 133 Å². The smallest absolute Gasteiger partial charge is 0.227 e. The van der Waals surface area contributed by atoms with E-state index in [9.17, 15) is 0 Å². The van der Waals surface area contributed by atoms with Crippen LogP contribution in [0.3, 0.4) is 0 Å². The van der Waals surface area contributed by atoms with E-state index in [1.165, 1.54) is 0 Å². The highest BCUT2D eigenvalue weighted by atomic mass is 16.4. The zero-order chi connectivity index (χ0) is 91.4. The molecular formula is C118H73N17O3. The number of oxazole rings is 3. The molecule has 15 aromatic heterocycles. The van der Waals surface area contributed by atoms with Gasteiger partial charge in [-0.05, 0) is 248 Å². The molecule has 0 aliphatic heterocycles.